The Morgan fingerprint density at radius 3 is 2.50 bits per heavy atom. The van der Waals surface area contributed by atoms with Gasteiger partial charge in [-0.15, -0.1) is 0 Å². The molecule has 0 saturated heterocycles. The number of hydrogen-bond donors (Lipinski definition) is 1. The van der Waals surface area contributed by atoms with Gasteiger partial charge in [0.1, 0.15) is 11.3 Å². The standard InChI is InChI=1S/C19H19F3N4O2/c1-3-18(28,11-4-7-14(23-10-11)19(20,21)22)16-13-8-9-26(12-5-6-12)17(27)15(13)24-25(16)2/h4,7-10,12,28H,3,5-6H2,1-2H3/t18-/m0/s1. The fraction of sp³-hybridized carbons (Fsp3) is 0.421. The summed E-state index contributed by atoms with van der Waals surface area (Å²) in [6.07, 6.45) is 0.212. The normalized spacial score (nSPS) is 17.1. The molecule has 9 heteroatoms. The van der Waals surface area contributed by atoms with Gasteiger partial charge in [-0.25, -0.2) is 0 Å². The zero-order chi connectivity index (χ0) is 20.3. The van der Waals surface area contributed by atoms with Crippen LogP contribution in [0.25, 0.3) is 10.9 Å². The SMILES string of the molecule is CC[C@](O)(c1ccc(C(F)(F)F)nc1)c1c2ccn(C3CC3)c(=O)c2nn1C. The molecule has 0 aromatic carbocycles. The number of aryl methyl sites for hydroxylation is 1. The first kappa shape index (κ1) is 18.7. The summed E-state index contributed by atoms with van der Waals surface area (Å²) in [6.45, 7) is 1.71. The first-order valence-corrected chi connectivity index (χ1v) is 9.01. The molecule has 3 aromatic rings. The molecule has 4 rings (SSSR count). The predicted octanol–water partition coefficient (Wildman–Crippen LogP) is 3.13. The number of hydrogen-bond acceptors (Lipinski definition) is 4. The van der Waals surface area contributed by atoms with Crippen LogP contribution >= 0.6 is 0 Å². The minimum Gasteiger partial charge on any atom is -0.379 e. The maximum Gasteiger partial charge on any atom is 0.433 e. The maximum absolute atomic E-state index is 12.8. The van der Waals surface area contributed by atoms with E-state index in [1.54, 1.807) is 30.8 Å². The van der Waals surface area contributed by atoms with E-state index in [2.05, 4.69) is 10.1 Å². The van der Waals surface area contributed by atoms with E-state index in [-0.39, 0.29) is 29.1 Å². The molecular formula is C19H19F3N4O2. The Balaban J connectivity index is 1.87. The Bertz CT molecular complexity index is 1100. The molecule has 6 nitrogen and oxygen atoms in total. The van der Waals surface area contributed by atoms with Gasteiger partial charge < -0.3 is 9.67 Å². The molecule has 1 saturated carbocycles. The van der Waals surface area contributed by atoms with Crippen molar-refractivity contribution in [1.29, 1.82) is 0 Å². The highest BCUT2D eigenvalue weighted by atomic mass is 19.4. The van der Waals surface area contributed by atoms with Gasteiger partial charge in [0, 0.05) is 36.4 Å². The molecule has 1 fully saturated rings. The number of aromatic nitrogens is 4. The predicted molar refractivity (Wildman–Crippen MR) is 95.8 cm³/mol. The molecule has 1 atom stereocenters. The molecule has 0 bridgehead atoms. The highest BCUT2D eigenvalue weighted by molar-refractivity contribution is 5.82. The number of fused-ring (bicyclic) bond motifs is 1. The Hall–Kier alpha value is -2.68. The van der Waals surface area contributed by atoms with Gasteiger partial charge >= 0.3 is 6.18 Å². The van der Waals surface area contributed by atoms with Crippen LogP contribution in [-0.4, -0.2) is 24.4 Å². The number of pyridine rings is 2. The maximum atomic E-state index is 12.8. The van der Waals surface area contributed by atoms with Crippen molar-refractivity contribution in [2.24, 2.45) is 7.05 Å². The van der Waals surface area contributed by atoms with E-state index in [1.807, 2.05) is 0 Å². The van der Waals surface area contributed by atoms with Crippen molar-refractivity contribution < 1.29 is 18.3 Å². The monoisotopic (exact) mass is 392 g/mol. The molecular weight excluding hydrogens is 373 g/mol. The summed E-state index contributed by atoms with van der Waals surface area (Å²) >= 11 is 0. The van der Waals surface area contributed by atoms with Crippen LogP contribution in [0.3, 0.4) is 0 Å². The van der Waals surface area contributed by atoms with Crippen LogP contribution in [0, 0.1) is 0 Å². The minimum absolute atomic E-state index is 0.167. The third kappa shape index (κ3) is 2.81. The molecule has 3 aromatic heterocycles. The second kappa shape index (κ2) is 6.16. The zero-order valence-electron chi connectivity index (χ0n) is 15.4. The summed E-state index contributed by atoms with van der Waals surface area (Å²) in [7, 11) is 1.61. The number of alkyl halides is 3. The molecule has 1 aliphatic carbocycles. The van der Waals surface area contributed by atoms with Crippen LogP contribution in [-0.2, 0) is 18.8 Å². The summed E-state index contributed by atoms with van der Waals surface area (Å²) in [5.74, 6) is 0. The topological polar surface area (TPSA) is 72.9 Å². The lowest BCUT2D eigenvalue weighted by molar-refractivity contribution is -0.141. The molecule has 0 radical (unpaired) electrons. The van der Waals surface area contributed by atoms with Gasteiger partial charge in [-0.2, -0.15) is 18.3 Å². The van der Waals surface area contributed by atoms with Gasteiger partial charge in [0.25, 0.3) is 5.56 Å². The van der Waals surface area contributed by atoms with E-state index in [0.29, 0.717) is 11.1 Å². The first-order chi connectivity index (χ1) is 13.2. The largest absolute Gasteiger partial charge is 0.433 e. The molecule has 0 unspecified atom stereocenters. The van der Waals surface area contributed by atoms with Gasteiger partial charge in [0.15, 0.2) is 5.52 Å². The van der Waals surface area contributed by atoms with E-state index < -0.39 is 17.5 Å². The molecule has 0 amide bonds. The van der Waals surface area contributed by atoms with Crippen LogP contribution < -0.4 is 5.56 Å². The quantitative estimate of drug-likeness (QED) is 0.741. The van der Waals surface area contributed by atoms with Crippen molar-refractivity contribution in [2.45, 2.75) is 44.0 Å². The summed E-state index contributed by atoms with van der Waals surface area (Å²) in [5.41, 5.74) is -2.11. The van der Waals surface area contributed by atoms with Crippen molar-refractivity contribution >= 4 is 10.9 Å². The van der Waals surface area contributed by atoms with Gasteiger partial charge in [0.05, 0.1) is 5.69 Å². The number of rotatable bonds is 4. The van der Waals surface area contributed by atoms with Gasteiger partial charge in [-0.1, -0.05) is 13.0 Å². The third-order valence-electron chi connectivity index (χ3n) is 5.30. The molecule has 1 aliphatic rings. The fourth-order valence-electron chi connectivity index (χ4n) is 3.65. The van der Waals surface area contributed by atoms with Crippen LogP contribution in [0.4, 0.5) is 13.2 Å². The lowest BCUT2D eigenvalue weighted by Gasteiger charge is -2.28. The van der Waals surface area contributed by atoms with Gasteiger partial charge in [-0.3, -0.25) is 14.5 Å². The number of nitrogens with zero attached hydrogens (tertiary/aromatic N) is 4. The number of halogens is 3. The van der Waals surface area contributed by atoms with Crippen molar-refractivity contribution in [1.82, 2.24) is 19.3 Å². The summed E-state index contributed by atoms with van der Waals surface area (Å²) in [6, 6.07) is 3.97. The second-order valence-electron chi connectivity index (χ2n) is 7.14. The van der Waals surface area contributed by atoms with Crippen molar-refractivity contribution in [2.75, 3.05) is 0 Å². The lowest BCUT2D eigenvalue weighted by Crippen LogP contribution is -2.30. The zero-order valence-corrected chi connectivity index (χ0v) is 15.4. The number of aliphatic hydroxyl groups is 1. The highest BCUT2D eigenvalue weighted by Gasteiger charge is 2.38. The summed E-state index contributed by atoms with van der Waals surface area (Å²) < 4.78 is 41.5. The van der Waals surface area contributed by atoms with E-state index >= 15 is 0 Å². The van der Waals surface area contributed by atoms with Crippen LogP contribution in [0.15, 0.2) is 35.4 Å². The minimum atomic E-state index is -4.56. The second-order valence-corrected chi connectivity index (χ2v) is 7.14. The summed E-state index contributed by atoms with van der Waals surface area (Å²) in [5, 5.41) is 16.2. The van der Waals surface area contributed by atoms with E-state index in [0.717, 1.165) is 25.1 Å². The Labute approximate surface area is 158 Å². The van der Waals surface area contributed by atoms with E-state index in [1.165, 1.54) is 10.7 Å². The Kier molecular flexibility index (Phi) is 4.11. The van der Waals surface area contributed by atoms with Gasteiger partial charge in [0.2, 0.25) is 0 Å². The van der Waals surface area contributed by atoms with Gasteiger partial charge in [-0.05, 0) is 31.4 Å². The van der Waals surface area contributed by atoms with Crippen LogP contribution in [0.2, 0.25) is 0 Å². The lowest BCUT2D eigenvalue weighted by atomic mass is 9.87. The molecule has 28 heavy (non-hydrogen) atoms. The summed E-state index contributed by atoms with van der Waals surface area (Å²) in [4.78, 5) is 16.2. The molecule has 1 N–H and O–H groups in total. The first-order valence-electron chi connectivity index (χ1n) is 9.01. The van der Waals surface area contributed by atoms with Crippen LogP contribution in [0.5, 0.6) is 0 Å². The average molecular weight is 392 g/mol. The smallest absolute Gasteiger partial charge is 0.379 e. The molecule has 0 aliphatic heterocycles. The molecule has 148 valence electrons. The van der Waals surface area contributed by atoms with E-state index in [9.17, 15) is 23.1 Å². The van der Waals surface area contributed by atoms with Crippen molar-refractivity contribution in [3.8, 4) is 0 Å². The molecule has 0 spiro atoms. The Morgan fingerprint density at radius 1 is 1.25 bits per heavy atom. The third-order valence-corrected chi connectivity index (χ3v) is 5.30. The molecule has 3 heterocycles. The van der Waals surface area contributed by atoms with E-state index in [4.69, 9.17) is 0 Å². The van der Waals surface area contributed by atoms with Crippen molar-refractivity contribution in [3.05, 3.63) is 57.9 Å². The van der Waals surface area contributed by atoms with Crippen molar-refractivity contribution in [3.63, 3.8) is 0 Å². The highest BCUT2D eigenvalue weighted by Crippen LogP contribution is 2.38. The Morgan fingerprint density at radius 2 is 1.96 bits per heavy atom. The average Bonchev–Trinajstić information content (AvgIpc) is 3.43. The fourth-order valence-corrected chi connectivity index (χ4v) is 3.65. The van der Waals surface area contributed by atoms with Crippen LogP contribution in [0.1, 0.15) is 49.2 Å².